The Labute approximate surface area is 235 Å². The third-order valence-corrected chi connectivity index (χ3v) is 10.6. The summed E-state index contributed by atoms with van der Waals surface area (Å²) in [4.78, 5) is 58.2. The maximum Gasteiger partial charge on any atom is 0.175 e. The van der Waals surface area contributed by atoms with Crippen LogP contribution in [0.2, 0.25) is 0 Å². The van der Waals surface area contributed by atoms with Crippen LogP contribution in [0.15, 0.2) is 35.4 Å². The smallest absolute Gasteiger partial charge is 0.175 e. The van der Waals surface area contributed by atoms with E-state index in [1.165, 1.54) is 26.4 Å². The Morgan fingerprint density at radius 2 is 0.976 bits per heavy atom. The molecule has 0 radical (unpaired) electrons. The maximum atomic E-state index is 14.6. The zero-order valence-corrected chi connectivity index (χ0v) is 21.9. The Hall–Kier alpha value is -4.68. The van der Waals surface area contributed by atoms with Gasteiger partial charge in [-0.15, -0.1) is 0 Å². The van der Waals surface area contributed by atoms with E-state index in [4.69, 9.17) is 9.47 Å². The first-order valence-corrected chi connectivity index (χ1v) is 13.2. The largest absolute Gasteiger partial charge is 0.507 e. The number of phenols is 2. The van der Waals surface area contributed by atoms with E-state index in [0.717, 1.165) is 12.1 Å². The summed E-state index contributed by atoms with van der Waals surface area (Å²) < 4.78 is 10.3. The van der Waals surface area contributed by atoms with Gasteiger partial charge in [0.2, 0.25) is 0 Å². The van der Waals surface area contributed by atoms with Gasteiger partial charge in [0.25, 0.3) is 0 Å². The molecule has 8 rings (SSSR count). The molecule has 6 aliphatic carbocycles. The van der Waals surface area contributed by atoms with Gasteiger partial charge >= 0.3 is 0 Å². The number of ketones is 4. The molecule has 4 bridgehead atoms. The van der Waals surface area contributed by atoms with Gasteiger partial charge in [0, 0.05) is 35.1 Å². The number of benzene rings is 2. The van der Waals surface area contributed by atoms with Gasteiger partial charge in [-0.25, -0.2) is 0 Å². The lowest BCUT2D eigenvalue weighted by molar-refractivity contribution is -0.142. The van der Waals surface area contributed by atoms with Crippen molar-refractivity contribution < 1.29 is 59.3 Å². The molecule has 214 valence electrons. The summed E-state index contributed by atoms with van der Waals surface area (Å²) in [6, 6.07) is 4.67. The molecule has 4 saturated carbocycles. The molecular formula is C30H22O12. The number of aromatic hydroxyl groups is 2. The number of Topliss-reactive ketones (excluding diaryl/α,β-unsaturated/α-hetero) is 4. The molecule has 12 heteroatoms. The van der Waals surface area contributed by atoms with Crippen molar-refractivity contribution in [3.8, 4) is 23.0 Å². The molecule has 0 aromatic heterocycles. The summed E-state index contributed by atoms with van der Waals surface area (Å²) in [7, 11) is 2.55. The van der Waals surface area contributed by atoms with Crippen molar-refractivity contribution in [2.24, 2.45) is 34.5 Å². The van der Waals surface area contributed by atoms with Crippen LogP contribution in [0.5, 0.6) is 23.0 Å². The molecule has 12 nitrogen and oxygen atoms in total. The molecule has 6 aliphatic rings. The molecule has 4 fully saturated rings. The van der Waals surface area contributed by atoms with E-state index in [2.05, 4.69) is 0 Å². The number of fused-ring (bicyclic) bond motifs is 4. The Bertz CT molecular complexity index is 1720. The number of hydrogen-bond donors (Lipinski definition) is 6. The van der Waals surface area contributed by atoms with Crippen LogP contribution in [0, 0.1) is 34.5 Å². The second-order valence-electron chi connectivity index (χ2n) is 11.7. The number of aliphatic hydroxyl groups excluding tert-OH is 4. The van der Waals surface area contributed by atoms with Crippen molar-refractivity contribution in [3.63, 3.8) is 0 Å². The highest BCUT2D eigenvalue weighted by Gasteiger charge is 2.89. The molecule has 2 aromatic rings. The lowest BCUT2D eigenvalue weighted by Crippen LogP contribution is -2.65. The number of ether oxygens (including phenoxy) is 2. The molecule has 0 heterocycles. The van der Waals surface area contributed by atoms with Gasteiger partial charge < -0.3 is 40.1 Å². The highest BCUT2D eigenvalue weighted by Crippen LogP contribution is 2.80. The second kappa shape index (κ2) is 7.20. The molecule has 0 unspecified atom stereocenters. The van der Waals surface area contributed by atoms with Crippen molar-refractivity contribution in [3.05, 3.63) is 57.7 Å². The van der Waals surface area contributed by atoms with Gasteiger partial charge in [-0.05, 0) is 12.1 Å². The summed E-state index contributed by atoms with van der Waals surface area (Å²) in [5.74, 6) is -13.1. The number of carbonyl (C=O) groups is 4. The zero-order chi connectivity index (χ0) is 29.9. The average molecular weight is 574 g/mol. The van der Waals surface area contributed by atoms with E-state index in [-0.39, 0.29) is 33.8 Å². The van der Waals surface area contributed by atoms with Gasteiger partial charge in [-0.1, -0.05) is 0 Å². The summed E-state index contributed by atoms with van der Waals surface area (Å²) >= 11 is 0. The van der Waals surface area contributed by atoms with E-state index in [1.54, 1.807) is 0 Å². The SMILES string of the molecule is COc1cc(O)c2c(c1)C(=O)[C@]13C(=C2O)C(=O)[C@H]2[C@H](O)[C@@H]1[C@H]1[C@@H](O)[C@@H]3C(=O)C3=C(O)c4c(O)cc(OC)cc4C(=O)[C@]312. The Morgan fingerprint density at radius 1 is 0.619 bits per heavy atom. The third-order valence-electron chi connectivity index (χ3n) is 10.6. The van der Waals surface area contributed by atoms with Crippen molar-refractivity contribution in [2.75, 3.05) is 14.2 Å². The van der Waals surface area contributed by atoms with Crippen molar-refractivity contribution in [1.29, 1.82) is 0 Å². The van der Waals surface area contributed by atoms with Crippen LogP contribution in [0.1, 0.15) is 31.8 Å². The molecule has 0 amide bonds. The number of phenolic OH excluding ortho intramolecular Hbond substituents is 2. The summed E-state index contributed by atoms with van der Waals surface area (Å²) in [5.41, 5.74) is -7.16. The minimum atomic E-state index is -2.33. The fraction of sp³-hybridized carbons (Fsp3) is 0.333. The number of rotatable bonds is 2. The van der Waals surface area contributed by atoms with E-state index in [0.29, 0.717) is 0 Å². The molecule has 42 heavy (non-hydrogen) atoms. The molecule has 0 saturated heterocycles. The van der Waals surface area contributed by atoms with Crippen LogP contribution in [-0.2, 0) is 9.59 Å². The first-order valence-electron chi connectivity index (χ1n) is 13.2. The molecule has 2 aromatic carbocycles. The molecule has 6 N–H and O–H groups in total. The predicted octanol–water partition coefficient (Wildman–Crippen LogP) is 1.10. The first kappa shape index (κ1) is 25.1. The number of methoxy groups -OCH3 is 2. The van der Waals surface area contributed by atoms with Gasteiger partial charge in [-0.2, -0.15) is 0 Å². The maximum absolute atomic E-state index is 14.6. The number of aliphatic hydroxyl groups is 4. The first-order chi connectivity index (χ1) is 19.9. The monoisotopic (exact) mass is 574 g/mol. The Morgan fingerprint density at radius 3 is 1.31 bits per heavy atom. The van der Waals surface area contributed by atoms with Crippen LogP contribution < -0.4 is 9.47 Å². The van der Waals surface area contributed by atoms with Gasteiger partial charge in [0.15, 0.2) is 23.1 Å². The fourth-order valence-corrected chi connectivity index (χ4v) is 9.41. The minimum absolute atomic E-state index is 0.0209. The normalized spacial score (nSPS) is 36.7. The van der Waals surface area contributed by atoms with Crippen LogP contribution in [-0.4, -0.2) is 80.2 Å². The highest BCUT2D eigenvalue weighted by atomic mass is 16.5. The van der Waals surface area contributed by atoms with E-state index in [9.17, 15) is 49.8 Å². The van der Waals surface area contributed by atoms with E-state index >= 15 is 0 Å². The number of allylic oxidation sites excluding steroid dienone is 2. The quantitative estimate of drug-likeness (QED) is 0.298. The van der Waals surface area contributed by atoms with E-state index in [1.807, 2.05) is 0 Å². The van der Waals surface area contributed by atoms with Gasteiger partial charge in [-0.3, -0.25) is 19.2 Å². The topological polar surface area (TPSA) is 208 Å². The fourth-order valence-electron chi connectivity index (χ4n) is 9.41. The van der Waals surface area contributed by atoms with Crippen molar-refractivity contribution >= 4 is 34.7 Å². The lowest BCUT2D eigenvalue weighted by Gasteiger charge is -2.53. The summed E-state index contributed by atoms with van der Waals surface area (Å²) in [6.45, 7) is 0. The second-order valence-corrected chi connectivity index (χ2v) is 11.7. The van der Waals surface area contributed by atoms with Crippen molar-refractivity contribution in [1.82, 2.24) is 0 Å². The average Bonchev–Trinajstić information content (AvgIpc) is 3.31. The van der Waals surface area contributed by atoms with Crippen LogP contribution in [0.3, 0.4) is 0 Å². The molecular weight excluding hydrogens is 552 g/mol. The third kappa shape index (κ3) is 2.14. The minimum Gasteiger partial charge on any atom is -0.507 e. The van der Waals surface area contributed by atoms with E-state index < -0.39 is 104 Å². The predicted molar refractivity (Wildman–Crippen MR) is 138 cm³/mol. The summed E-state index contributed by atoms with van der Waals surface area (Å²) in [6.07, 6.45) is -3.49. The lowest BCUT2D eigenvalue weighted by atomic mass is 9.46. The zero-order valence-electron chi connectivity index (χ0n) is 21.9. The standard InChI is InChI=1S/C30H22O12/c1-41-7-3-9-13(11(31)5-7)21(33)17-25(37)20-23(35)15-16-24(36)19(29(15,17)27(9)39)26(38)18-22(34)14-10(28(40)30(16,18)20)4-8(42-2)6-12(14)32/h3-6,15-16,19-20,23-24,31-36H,1-2H3/t15-,16-,19+,20+,23+,24+,29-,30-/m0/s1. The van der Waals surface area contributed by atoms with Gasteiger partial charge in [0.1, 0.15) is 34.5 Å². The number of carbonyl (C=O) groups excluding carboxylic acids is 4. The van der Waals surface area contributed by atoms with Crippen LogP contribution >= 0.6 is 0 Å². The van der Waals surface area contributed by atoms with Crippen molar-refractivity contribution in [2.45, 2.75) is 12.2 Å². The Kier molecular flexibility index (Phi) is 4.30. The molecule has 8 atom stereocenters. The Balaban J connectivity index is 1.52. The highest BCUT2D eigenvalue weighted by molar-refractivity contribution is 6.30. The molecule has 0 aliphatic heterocycles. The summed E-state index contributed by atoms with van der Waals surface area (Å²) in [5, 5.41) is 68.2. The molecule has 2 spiro atoms. The van der Waals surface area contributed by atoms with Crippen LogP contribution in [0.25, 0.3) is 11.5 Å². The number of hydrogen-bond acceptors (Lipinski definition) is 12. The van der Waals surface area contributed by atoms with Gasteiger partial charge in [0.05, 0.1) is 71.4 Å². The van der Waals surface area contributed by atoms with Crippen LogP contribution in [0.4, 0.5) is 0 Å².